The van der Waals surface area contributed by atoms with Crippen LogP contribution in [0.3, 0.4) is 0 Å². The maximum Gasteiger partial charge on any atom is 0.253 e. The standard InChI is InChI=1S/C7H15NO7/c9-1-3(11)4(12)5(13)6(14)7(15)8-2-10/h3-6,9-14H,1-2H2,(H,8,15)/t3-,4-,5-,6-/m1/s1. The van der Waals surface area contributed by atoms with Gasteiger partial charge in [0.15, 0.2) is 6.10 Å². The van der Waals surface area contributed by atoms with Crippen LogP contribution in [-0.2, 0) is 4.79 Å². The monoisotopic (exact) mass is 225 g/mol. The van der Waals surface area contributed by atoms with Gasteiger partial charge in [0, 0.05) is 0 Å². The number of carbonyl (C=O) groups excluding carboxylic acids is 1. The van der Waals surface area contributed by atoms with Crippen molar-refractivity contribution in [2.45, 2.75) is 24.4 Å². The van der Waals surface area contributed by atoms with Gasteiger partial charge in [0.25, 0.3) is 5.91 Å². The molecule has 0 aromatic carbocycles. The van der Waals surface area contributed by atoms with Crippen LogP contribution in [0.2, 0.25) is 0 Å². The summed E-state index contributed by atoms with van der Waals surface area (Å²) in [4.78, 5) is 10.9. The highest BCUT2D eigenvalue weighted by atomic mass is 16.4. The SMILES string of the molecule is O=C(NCO)[C@H](O)[C@H](O)[C@H](O)[C@H](O)CO. The molecule has 7 N–H and O–H groups in total. The van der Waals surface area contributed by atoms with Gasteiger partial charge in [0.2, 0.25) is 0 Å². The van der Waals surface area contributed by atoms with Crippen molar-refractivity contribution in [2.75, 3.05) is 13.3 Å². The molecule has 0 aliphatic rings. The highest BCUT2D eigenvalue weighted by molar-refractivity contribution is 5.81. The van der Waals surface area contributed by atoms with Crippen molar-refractivity contribution in [2.24, 2.45) is 0 Å². The van der Waals surface area contributed by atoms with E-state index in [1.807, 2.05) is 0 Å². The Kier molecular flexibility index (Phi) is 6.32. The van der Waals surface area contributed by atoms with Crippen molar-refractivity contribution in [1.82, 2.24) is 5.32 Å². The van der Waals surface area contributed by atoms with Gasteiger partial charge in [-0.15, -0.1) is 0 Å². The molecule has 0 rings (SSSR count). The maximum absolute atomic E-state index is 10.9. The molecule has 0 aliphatic heterocycles. The first-order chi connectivity index (χ1) is 6.95. The number of aliphatic hydroxyl groups excluding tert-OH is 6. The Bertz CT molecular complexity index is 200. The van der Waals surface area contributed by atoms with Gasteiger partial charge in [-0.1, -0.05) is 0 Å². The zero-order valence-electron chi connectivity index (χ0n) is 7.82. The Morgan fingerprint density at radius 1 is 1.07 bits per heavy atom. The summed E-state index contributed by atoms with van der Waals surface area (Å²) in [5.41, 5.74) is 0. The van der Waals surface area contributed by atoms with Crippen LogP contribution in [0.15, 0.2) is 0 Å². The number of carbonyl (C=O) groups is 1. The predicted octanol–water partition coefficient (Wildman–Crippen LogP) is -4.51. The minimum Gasteiger partial charge on any atom is -0.394 e. The molecular weight excluding hydrogens is 210 g/mol. The van der Waals surface area contributed by atoms with Gasteiger partial charge in [-0.25, -0.2) is 0 Å². The van der Waals surface area contributed by atoms with Crippen molar-refractivity contribution in [1.29, 1.82) is 0 Å². The van der Waals surface area contributed by atoms with Gasteiger partial charge in [0.05, 0.1) is 6.61 Å². The van der Waals surface area contributed by atoms with Gasteiger partial charge in [-0.3, -0.25) is 4.79 Å². The zero-order valence-corrected chi connectivity index (χ0v) is 7.82. The number of amides is 1. The summed E-state index contributed by atoms with van der Waals surface area (Å²) in [6.07, 6.45) is -7.50. The van der Waals surface area contributed by atoms with Crippen LogP contribution in [0, 0.1) is 0 Å². The van der Waals surface area contributed by atoms with Crippen LogP contribution in [0.1, 0.15) is 0 Å². The van der Waals surface area contributed by atoms with E-state index in [1.54, 1.807) is 5.32 Å². The number of rotatable bonds is 6. The Hall–Kier alpha value is -0.770. The molecule has 1 amide bonds. The first-order valence-electron chi connectivity index (χ1n) is 4.17. The van der Waals surface area contributed by atoms with Gasteiger partial charge in [-0.05, 0) is 0 Å². The summed E-state index contributed by atoms with van der Waals surface area (Å²) < 4.78 is 0. The zero-order chi connectivity index (χ0) is 12.0. The number of aliphatic hydroxyl groups is 6. The largest absolute Gasteiger partial charge is 0.394 e. The van der Waals surface area contributed by atoms with E-state index >= 15 is 0 Å². The van der Waals surface area contributed by atoms with Gasteiger partial charge in [-0.2, -0.15) is 0 Å². The van der Waals surface area contributed by atoms with Crippen LogP contribution in [-0.4, -0.2) is 74.3 Å². The van der Waals surface area contributed by atoms with Crippen LogP contribution in [0.25, 0.3) is 0 Å². The summed E-state index contributed by atoms with van der Waals surface area (Å²) in [6.45, 7) is -1.56. The smallest absolute Gasteiger partial charge is 0.253 e. The number of hydrogen-bond donors (Lipinski definition) is 7. The predicted molar refractivity (Wildman–Crippen MR) is 46.3 cm³/mol. The van der Waals surface area contributed by atoms with Crippen molar-refractivity contribution >= 4 is 5.91 Å². The fourth-order valence-corrected chi connectivity index (χ4v) is 0.860. The van der Waals surface area contributed by atoms with E-state index in [0.29, 0.717) is 0 Å². The van der Waals surface area contributed by atoms with E-state index in [9.17, 15) is 9.90 Å². The first-order valence-corrected chi connectivity index (χ1v) is 4.17. The molecule has 0 aromatic rings. The van der Waals surface area contributed by atoms with E-state index in [0.717, 1.165) is 0 Å². The Balaban J connectivity index is 4.29. The van der Waals surface area contributed by atoms with Crippen molar-refractivity contribution in [3.63, 3.8) is 0 Å². The quantitative estimate of drug-likeness (QED) is 0.225. The van der Waals surface area contributed by atoms with Crippen LogP contribution < -0.4 is 5.32 Å². The molecular formula is C7H15NO7. The fraction of sp³-hybridized carbons (Fsp3) is 0.857. The second-order valence-electron chi connectivity index (χ2n) is 2.88. The minimum atomic E-state index is -2.01. The highest BCUT2D eigenvalue weighted by Gasteiger charge is 2.33. The molecule has 0 aromatic heterocycles. The molecule has 0 heterocycles. The van der Waals surface area contributed by atoms with Crippen molar-refractivity contribution in [3.05, 3.63) is 0 Å². The van der Waals surface area contributed by atoms with Crippen LogP contribution in [0.4, 0.5) is 0 Å². The first kappa shape index (κ1) is 14.2. The lowest BCUT2D eigenvalue weighted by Gasteiger charge is -2.24. The molecule has 0 bridgehead atoms. The molecule has 15 heavy (non-hydrogen) atoms. The van der Waals surface area contributed by atoms with Crippen molar-refractivity contribution < 1.29 is 35.4 Å². The lowest BCUT2D eigenvalue weighted by atomic mass is 10.0. The van der Waals surface area contributed by atoms with Crippen LogP contribution in [0.5, 0.6) is 0 Å². The Morgan fingerprint density at radius 2 is 1.60 bits per heavy atom. The summed E-state index contributed by atoms with van der Waals surface area (Å²) >= 11 is 0. The number of nitrogens with one attached hydrogen (secondary N) is 1. The van der Waals surface area contributed by atoms with Crippen LogP contribution >= 0.6 is 0 Å². The fourth-order valence-electron chi connectivity index (χ4n) is 0.860. The molecule has 0 aliphatic carbocycles. The van der Waals surface area contributed by atoms with E-state index in [1.165, 1.54) is 0 Å². The molecule has 0 saturated carbocycles. The normalized spacial score (nSPS) is 19.1. The third-order valence-corrected chi connectivity index (χ3v) is 1.78. The molecule has 0 fully saturated rings. The molecule has 0 saturated heterocycles. The van der Waals surface area contributed by atoms with E-state index in [-0.39, 0.29) is 0 Å². The second kappa shape index (κ2) is 6.67. The van der Waals surface area contributed by atoms with E-state index in [4.69, 9.17) is 25.5 Å². The number of hydrogen-bond acceptors (Lipinski definition) is 7. The third-order valence-electron chi connectivity index (χ3n) is 1.78. The Morgan fingerprint density at radius 3 is 2.00 bits per heavy atom. The van der Waals surface area contributed by atoms with Gasteiger partial charge in [0.1, 0.15) is 25.0 Å². The van der Waals surface area contributed by atoms with E-state index < -0.39 is 43.7 Å². The molecule has 4 atom stereocenters. The summed E-state index contributed by atoms with van der Waals surface area (Å²) in [5, 5.41) is 54.8. The average molecular weight is 225 g/mol. The summed E-state index contributed by atoms with van der Waals surface area (Å²) in [5.74, 6) is -1.10. The molecule has 0 radical (unpaired) electrons. The lowest BCUT2D eigenvalue weighted by Crippen LogP contribution is -2.51. The summed E-state index contributed by atoms with van der Waals surface area (Å²) in [7, 11) is 0. The average Bonchev–Trinajstić information content (AvgIpc) is 2.25. The molecule has 8 heteroatoms. The van der Waals surface area contributed by atoms with Gasteiger partial charge >= 0.3 is 0 Å². The van der Waals surface area contributed by atoms with Crippen molar-refractivity contribution in [3.8, 4) is 0 Å². The van der Waals surface area contributed by atoms with Gasteiger partial charge < -0.3 is 36.0 Å². The second-order valence-corrected chi connectivity index (χ2v) is 2.88. The maximum atomic E-state index is 10.9. The highest BCUT2D eigenvalue weighted by Crippen LogP contribution is 2.05. The summed E-state index contributed by atoms with van der Waals surface area (Å²) in [6, 6.07) is 0. The molecule has 0 spiro atoms. The molecule has 90 valence electrons. The lowest BCUT2D eigenvalue weighted by molar-refractivity contribution is -0.149. The molecule has 0 unspecified atom stereocenters. The minimum absolute atomic E-state index is 0.735. The third kappa shape index (κ3) is 4.08. The Labute approximate surface area is 85.4 Å². The topological polar surface area (TPSA) is 150 Å². The molecule has 8 nitrogen and oxygen atoms in total. The van der Waals surface area contributed by atoms with E-state index in [2.05, 4.69) is 0 Å².